The summed E-state index contributed by atoms with van der Waals surface area (Å²) >= 11 is 0. The molecule has 0 aromatic carbocycles. The van der Waals surface area contributed by atoms with Crippen molar-refractivity contribution in [1.82, 2.24) is 10.2 Å². The first-order valence-electron chi connectivity index (χ1n) is 9.61. The van der Waals surface area contributed by atoms with Crippen LogP contribution in [0.4, 0.5) is 0 Å². The molecule has 2 atom stereocenters. The molecular weight excluding hydrogens is 256 g/mol. The van der Waals surface area contributed by atoms with Crippen LogP contribution in [0.25, 0.3) is 0 Å². The maximum Gasteiger partial charge on any atom is 0.00684 e. The fourth-order valence-electron chi connectivity index (χ4n) is 4.12. The van der Waals surface area contributed by atoms with Crippen LogP contribution >= 0.6 is 0 Å². The van der Waals surface area contributed by atoms with Gasteiger partial charge in [0.1, 0.15) is 0 Å². The van der Waals surface area contributed by atoms with E-state index in [1.807, 2.05) is 0 Å². The number of nitrogens with one attached hydrogen (secondary N) is 1. The number of nitrogens with zero attached hydrogens (tertiary/aromatic N) is 1. The molecule has 2 unspecified atom stereocenters. The lowest BCUT2D eigenvalue weighted by atomic mass is 9.84. The molecule has 0 spiro atoms. The van der Waals surface area contributed by atoms with Crippen LogP contribution in [0, 0.1) is 11.3 Å². The van der Waals surface area contributed by atoms with Crippen LogP contribution in [0.5, 0.6) is 0 Å². The van der Waals surface area contributed by atoms with Gasteiger partial charge in [-0.1, -0.05) is 40.0 Å². The summed E-state index contributed by atoms with van der Waals surface area (Å²) in [5.41, 5.74) is 0.474. The predicted molar refractivity (Wildman–Crippen MR) is 92.7 cm³/mol. The molecule has 1 saturated carbocycles. The minimum absolute atomic E-state index is 0.474. The summed E-state index contributed by atoms with van der Waals surface area (Å²) in [6.45, 7) is 12.4. The first kappa shape index (κ1) is 17.3. The number of likely N-dealkylation sites (tertiary alicyclic amines) is 1. The topological polar surface area (TPSA) is 15.3 Å². The molecule has 1 N–H and O–H groups in total. The number of rotatable bonds is 9. The highest BCUT2D eigenvalue weighted by atomic mass is 15.1. The van der Waals surface area contributed by atoms with Gasteiger partial charge < -0.3 is 10.2 Å². The average molecular weight is 295 g/mol. The molecule has 21 heavy (non-hydrogen) atoms. The van der Waals surface area contributed by atoms with Crippen LogP contribution in [0.15, 0.2) is 0 Å². The summed E-state index contributed by atoms with van der Waals surface area (Å²) in [6.07, 6.45) is 12.6. The zero-order chi connectivity index (χ0) is 15.1. The second-order valence-corrected chi connectivity index (χ2v) is 8.08. The molecular formula is C19H38N2. The van der Waals surface area contributed by atoms with Crippen molar-refractivity contribution in [3.05, 3.63) is 0 Å². The summed E-state index contributed by atoms with van der Waals surface area (Å²) in [7, 11) is 0. The van der Waals surface area contributed by atoms with Crippen LogP contribution in [0.1, 0.15) is 78.6 Å². The Morgan fingerprint density at radius 2 is 1.86 bits per heavy atom. The van der Waals surface area contributed by atoms with Crippen molar-refractivity contribution in [1.29, 1.82) is 0 Å². The minimum Gasteiger partial charge on any atom is -0.313 e. The second kappa shape index (κ2) is 8.53. The Morgan fingerprint density at radius 3 is 2.52 bits per heavy atom. The molecule has 0 aromatic rings. The van der Waals surface area contributed by atoms with E-state index >= 15 is 0 Å². The van der Waals surface area contributed by atoms with Gasteiger partial charge in [-0.25, -0.2) is 0 Å². The molecule has 1 aliphatic heterocycles. The Kier molecular flexibility index (Phi) is 7.01. The van der Waals surface area contributed by atoms with Crippen LogP contribution < -0.4 is 5.32 Å². The lowest BCUT2D eigenvalue weighted by molar-refractivity contribution is 0.151. The second-order valence-electron chi connectivity index (χ2n) is 8.08. The molecule has 2 nitrogen and oxygen atoms in total. The van der Waals surface area contributed by atoms with E-state index in [2.05, 4.69) is 31.0 Å². The van der Waals surface area contributed by atoms with E-state index in [4.69, 9.17) is 0 Å². The zero-order valence-electron chi connectivity index (χ0n) is 14.8. The van der Waals surface area contributed by atoms with E-state index in [1.165, 1.54) is 84.0 Å². The Balaban J connectivity index is 1.80. The van der Waals surface area contributed by atoms with E-state index in [0.29, 0.717) is 5.41 Å². The van der Waals surface area contributed by atoms with Gasteiger partial charge in [0.2, 0.25) is 0 Å². The normalized spacial score (nSPS) is 27.3. The van der Waals surface area contributed by atoms with Gasteiger partial charge >= 0.3 is 0 Å². The lowest BCUT2D eigenvalue weighted by Crippen LogP contribution is -2.43. The molecule has 2 fully saturated rings. The van der Waals surface area contributed by atoms with E-state index in [9.17, 15) is 0 Å². The summed E-state index contributed by atoms with van der Waals surface area (Å²) in [6, 6.07) is 0.847. The molecule has 124 valence electrons. The van der Waals surface area contributed by atoms with Gasteiger partial charge in [-0.2, -0.15) is 0 Å². The van der Waals surface area contributed by atoms with E-state index in [-0.39, 0.29) is 0 Å². The average Bonchev–Trinajstić information content (AvgIpc) is 3.26. The first-order valence-corrected chi connectivity index (χ1v) is 9.61. The predicted octanol–water partition coefficient (Wildman–Crippen LogP) is 4.45. The van der Waals surface area contributed by atoms with Gasteiger partial charge in [-0.3, -0.25) is 0 Å². The van der Waals surface area contributed by atoms with Gasteiger partial charge in [0.05, 0.1) is 0 Å². The number of hydrogen-bond acceptors (Lipinski definition) is 2. The van der Waals surface area contributed by atoms with Gasteiger partial charge in [-0.05, 0) is 62.9 Å². The molecule has 2 heteroatoms. The summed E-state index contributed by atoms with van der Waals surface area (Å²) in [5.74, 6) is 1.00. The van der Waals surface area contributed by atoms with E-state index < -0.39 is 0 Å². The smallest absolute Gasteiger partial charge is 0.00684 e. The molecule has 0 bridgehead atoms. The van der Waals surface area contributed by atoms with Gasteiger partial charge in [0.25, 0.3) is 0 Å². The SMILES string of the molecule is CCCC1CCCN(CC(C)(CCC)CNC2CC2)CC1. The monoisotopic (exact) mass is 294 g/mol. The third kappa shape index (κ3) is 6.28. The fraction of sp³-hybridized carbons (Fsp3) is 1.00. The van der Waals surface area contributed by atoms with Gasteiger partial charge in [-0.15, -0.1) is 0 Å². The molecule has 1 saturated heterocycles. The molecule has 2 aliphatic rings. The van der Waals surface area contributed by atoms with Crippen LogP contribution in [-0.2, 0) is 0 Å². The Bertz CT molecular complexity index is 287. The Morgan fingerprint density at radius 1 is 1.05 bits per heavy atom. The van der Waals surface area contributed by atoms with Crippen LogP contribution in [0.2, 0.25) is 0 Å². The van der Waals surface area contributed by atoms with Crippen molar-refractivity contribution in [2.24, 2.45) is 11.3 Å². The highest BCUT2D eigenvalue weighted by Crippen LogP contribution is 2.29. The van der Waals surface area contributed by atoms with Crippen molar-refractivity contribution in [3.63, 3.8) is 0 Å². The van der Waals surface area contributed by atoms with Crippen LogP contribution in [-0.4, -0.2) is 37.1 Å². The van der Waals surface area contributed by atoms with Crippen molar-refractivity contribution < 1.29 is 0 Å². The molecule has 1 aliphatic carbocycles. The molecule has 0 radical (unpaired) electrons. The van der Waals surface area contributed by atoms with Crippen molar-refractivity contribution in [2.45, 2.75) is 84.6 Å². The minimum atomic E-state index is 0.474. The highest BCUT2D eigenvalue weighted by molar-refractivity contribution is 4.87. The largest absolute Gasteiger partial charge is 0.313 e. The molecule has 2 rings (SSSR count). The quantitative estimate of drug-likeness (QED) is 0.676. The van der Waals surface area contributed by atoms with Crippen molar-refractivity contribution >= 4 is 0 Å². The summed E-state index contributed by atoms with van der Waals surface area (Å²) < 4.78 is 0. The van der Waals surface area contributed by atoms with Crippen molar-refractivity contribution in [2.75, 3.05) is 26.2 Å². The Hall–Kier alpha value is -0.0800. The highest BCUT2D eigenvalue weighted by Gasteiger charge is 2.30. The summed E-state index contributed by atoms with van der Waals surface area (Å²) in [5, 5.41) is 3.79. The standard InChI is InChI=1S/C19H38N2/c1-4-7-17-8-6-13-21(14-11-17)16-19(3,12-5-2)15-20-18-9-10-18/h17-18,20H,4-16H2,1-3H3. The van der Waals surface area contributed by atoms with Gasteiger partial charge in [0.15, 0.2) is 0 Å². The fourth-order valence-corrected chi connectivity index (χ4v) is 4.12. The maximum atomic E-state index is 3.79. The number of hydrogen-bond donors (Lipinski definition) is 1. The van der Waals surface area contributed by atoms with E-state index in [1.54, 1.807) is 0 Å². The third-order valence-corrected chi connectivity index (χ3v) is 5.49. The van der Waals surface area contributed by atoms with E-state index in [0.717, 1.165) is 12.0 Å². The molecule has 0 amide bonds. The molecule has 1 heterocycles. The maximum absolute atomic E-state index is 3.79. The Labute approximate surface area is 133 Å². The zero-order valence-corrected chi connectivity index (χ0v) is 14.8. The van der Waals surface area contributed by atoms with Crippen molar-refractivity contribution in [3.8, 4) is 0 Å². The lowest BCUT2D eigenvalue weighted by Gasteiger charge is -2.35. The third-order valence-electron chi connectivity index (χ3n) is 5.49. The first-order chi connectivity index (χ1) is 10.1. The summed E-state index contributed by atoms with van der Waals surface area (Å²) in [4.78, 5) is 2.78. The van der Waals surface area contributed by atoms with Gasteiger partial charge in [0, 0.05) is 19.1 Å². The van der Waals surface area contributed by atoms with Crippen LogP contribution in [0.3, 0.4) is 0 Å². The molecule has 0 aromatic heterocycles.